The first kappa shape index (κ1) is 19.3. The molecule has 5 nitrogen and oxygen atoms in total. The third-order valence-electron chi connectivity index (χ3n) is 5.54. The van der Waals surface area contributed by atoms with Crippen LogP contribution in [0.5, 0.6) is 0 Å². The highest BCUT2D eigenvalue weighted by atomic mass is 16.5. The number of aliphatic hydroxyl groups excluding tert-OH is 1. The molecule has 0 spiro atoms. The van der Waals surface area contributed by atoms with E-state index in [1.54, 1.807) is 0 Å². The second kappa shape index (κ2) is 9.49. The van der Waals surface area contributed by atoms with Crippen LogP contribution in [0.3, 0.4) is 0 Å². The van der Waals surface area contributed by atoms with Gasteiger partial charge in [-0.2, -0.15) is 0 Å². The predicted octanol–water partition coefficient (Wildman–Crippen LogP) is 2.61. The van der Waals surface area contributed by atoms with Crippen molar-refractivity contribution in [3.8, 4) is 0 Å². The van der Waals surface area contributed by atoms with Crippen LogP contribution in [0.4, 0.5) is 0 Å². The minimum atomic E-state index is -0.348. The van der Waals surface area contributed by atoms with E-state index in [1.165, 1.54) is 18.4 Å². The molecule has 3 rings (SSSR count). The Bertz CT molecular complexity index is 586. The lowest BCUT2D eigenvalue weighted by Gasteiger charge is -2.21. The number of carbonyl (C=O) groups is 1. The van der Waals surface area contributed by atoms with Crippen molar-refractivity contribution in [3.63, 3.8) is 0 Å². The number of carbonyl (C=O) groups excluding carboxylic acids is 1. The summed E-state index contributed by atoms with van der Waals surface area (Å²) in [5, 5.41) is 12.8. The Labute approximate surface area is 156 Å². The van der Waals surface area contributed by atoms with Crippen LogP contribution in [0.25, 0.3) is 0 Å². The minimum Gasteiger partial charge on any atom is -0.392 e. The first-order valence-electron chi connectivity index (χ1n) is 10.1. The molecule has 2 atom stereocenters. The fraction of sp³-hybridized carbons (Fsp3) is 0.667. The fourth-order valence-electron chi connectivity index (χ4n) is 3.98. The van der Waals surface area contributed by atoms with E-state index in [0.29, 0.717) is 13.0 Å². The topological polar surface area (TPSA) is 61.8 Å². The summed E-state index contributed by atoms with van der Waals surface area (Å²) in [6.45, 7) is 5.00. The molecule has 144 valence electrons. The lowest BCUT2D eigenvalue weighted by molar-refractivity contribution is -0.136. The molecule has 0 unspecified atom stereocenters. The van der Waals surface area contributed by atoms with Crippen LogP contribution < -0.4 is 5.32 Å². The molecule has 1 aliphatic heterocycles. The SMILES string of the molecule is CC[C@H](OC1CCCC1)C(=O)NCc1ccccc1CN1CC[C@@H](O)C1. The summed E-state index contributed by atoms with van der Waals surface area (Å²) < 4.78 is 6.01. The Morgan fingerprint density at radius 1 is 1.27 bits per heavy atom. The number of likely N-dealkylation sites (tertiary alicyclic amines) is 1. The average Bonchev–Trinajstić information content (AvgIpc) is 3.30. The van der Waals surface area contributed by atoms with Crippen LogP contribution in [-0.4, -0.2) is 47.3 Å². The summed E-state index contributed by atoms with van der Waals surface area (Å²) in [7, 11) is 0. The van der Waals surface area contributed by atoms with E-state index in [0.717, 1.165) is 44.5 Å². The standard InChI is InChI=1S/C21H32N2O3/c1-2-20(26-19-9-5-6-10-19)21(25)22-13-16-7-3-4-8-17(16)14-23-12-11-18(24)15-23/h3-4,7-8,18-20,24H,2,5-6,9-15H2,1H3,(H,22,25)/t18-,20+/m1/s1. The van der Waals surface area contributed by atoms with Gasteiger partial charge in [-0.1, -0.05) is 44.0 Å². The molecule has 2 fully saturated rings. The smallest absolute Gasteiger partial charge is 0.249 e. The van der Waals surface area contributed by atoms with E-state index >= 15 is 0 Å². The second-order valence-corrected chi connectivity index (χ2v) is 7.60. The van der Waals surface area contributed by atoms with Crippen molar-refractivity contribution >= 4 is 5.91 Å². The number of benzene rings is 1. The normalized spacial score (nSPS) is 22.6. The van der Waals surface area contributed by atoms with Crippen LogP contribution in [0, 0.1) is 0 Å². The number of nitrogens with zero attached hydrogens (tertiary/aromatic N) is 1. The molecule has 0 aromatic heterocycles. The summed E-state index contributed by atoms with van der Waals surface area (Å²) >= 11 is 0. The van der Waals surface area contributed by atoms with E-state index in [-0.39, 0.29) is 24.2 Å². The zero-order valence-corrected chi connectivity index (χ0v) is 15.8. The monoisotopic (exact) mass is 360 g/mol. The van der Waals surface area contributed by atoms with Crippen molar-refractivity contribution in [3.05, 3.63) is 35.4 Å². The van der Waals surface area contributed by atoms with E-state index in [4.69, 9.17) is 4.74 Å². The van der Waals surface area contributed by atoms with Crippen molar-refractivity contribution in [1.29, 1.82) is 0 Å². The molecular formula is C21H32N2O3. The van der Waals surface area contributed by atoms with Gasteiger partial charge in [0, 0.05) is 26.2 Å². The summed E-state index contributed by atoms with van der Waals surface area (Å²) in [5.41, 5.74) is 2.35. The number of hydrogen-bond acceptors (Lipinski definition) is 4. The Morgan fingerprint density at radius 3 is 2.65 bits per heavy atom. The summed E-state index contributed by atoms with van der Waals surface area (Å²) in [4.78, 5) is 14.8. The highest BCUT2D eigenvalue weighted by Gasteiger charge is 2.24. The van der Waals surface area contributed by atoms with Crippen LogP contribution in [0.2, 0.25) is 0 Å². The maximum absolute atomic E-state index is 12.6. The van der Waals surface area contributed by atoms with Crippen molar-refractivity contribution in [1.82, 2.24) is 10.2 Å². The first-order valence-corrected chi connectivity index (χ1v) is 10.1. The Kier molecular flexibility index (Phi) is 7.06. The Hall–Kier alpha value is -1.43. The van der Waals surface area contributed by atoms with Gasteiger partial charge in [-0.05, 0) is 36.8 Å². The van der Waals surface area contributed by atoms with Crippen LogP contribution in [-0.2, 0) is 22.6 Å². The number of rotatable bonds is 8. The fourth-order valence-corrected chi connectivity index (χ4v) is 3.98. The van der Waals surface area contributed by atoms with Gasteiger partial charge in [0.05, 0.1) is 12.2 Å². The van der Waals surface area contributed by atoms with E-state index < -0.39 is 0 Å². The predicted molar refractivity (Wildman–Crippen MR) is 102 cm³/mol. The highest BCUT2D eigenvalue weighted by molar-refractivity contribution is 5.80. The first-order chi connectivity index (χ1) is 12.7. The molecule has 5 heteroatoms. The molecule has 1 amide bonds. The zero-order valence-electron chi connectivity index (χ0n) is 15.8. The second-order valence-electron chi connectivity index (χ2n) is 7.60. The number of nitrogens with one attached hydrogen (secondary N) is 1. The Morgan fingerprint density at radius 2 is 2.00 bits per heavy atom. The molecule has 1 heterocycles. The minimum absolute atomic E-state index is 0.00852. The van der Waals surface area contributed by atoms with Gasteiger partial charge in [-0.3, -0.25) is 9.69 Å². The summed E-state index contributed by atoms with van der Waals surface area (Å²) in [6.07, 6.45) is 5.81. The van der Waals surface area contributed by atoms with Gasteiger partial charge >= 0.3 is 0 Å². The van der Waals surface area contributed by atoms with Gasteiger partial charge in [0.1, 0.15) is 6.10 Å². The quantitative estimate of drug-likeness (QED) is 0.748. The van der Waals surface area contributed by atoms with E-state index in [1.807, 2.05) is 19.1 Å². The molecule has 1 saturated heterocycles. The molecule has 1 aliphatic carbocycles. The average molecular weight is 360 g/mol. The van der Waals surface area contributed by atoms with Gasteiger partial charge in [0.2, 0.25) is 5.91 Å². The molecule has 0 bridgehead atoms. The van der Waals surface area contributed by atoms with Crippen molar-refractivity contribution in [2.75, 3.05) is 13.1 Å². The van der Waals surface area contributed by atoms with Crippen LogP contribution >= 0.6 is 0 Å². The third kappa shape index (κ3) is 5.29. The van der Waals surface area contributed by atoms with Crippen molar-refractivity contribution < 1.29 is 14.6 Å². The molecule has 0 radical (unpaired) electrons. The summed E-state index contributed by atoms with van der Waals surface area (Å²) in [6, 6.07) is 8.22. The largest absolute Gasteiger partial charge is 0.392 e. The number of amides is 1. The molecule has 26 heavy (non-hydrogen) atoms. The maximum atomic E-state index is 12.6. The van der Waals surface area contributed by atoms with Gasteiger partial charge in [0.15, 0.2) is 0 Å². The molecule has 1 aromatic rings. The molecular weight excluding hydrogens is 328 g/mol. The molecule has 1 aromatic carbocycles. The number of aliphatic hydroxyl groups is 1. The molecule has 1 saturated carbocycles. The van der Waals surface area contributed by atoms with Crippen molar-refractivity contribution in [2.45, 2.75) is 76.9 Å². The van der Waals surface area contributed by atoms with E-state index in [9.17, 15) is 9.90 Å². The van der Waals surface area contributed by atoms with Gasteiger partial charge in [0.25, 0.3) is 0 Å². The van der Waals surface area contributed by atoms with Gasteiger partial charge < -0.3 is 15.2 Å². The van der Waals surface area contributed by atoms with Crippen molar-refractivity contribution in [2.24, 2.45) is 0 Å². The van der Waals surface area contributed by atoms with Gasteiger partial charge in [-0.25, -0.2) is 0 Å². The number of ether oxygens (including phenoxy) is 1. The zero-order chi connectivity index (χ0) is 18.4. The third-order valence-corrected chi connectivity index (χ3v) is 5.54. The lowest BCUT2D eigenvalue weighted by Crippen LogP contribution is -2.37. The van der Waals surface area contributed by atoms with Crippen LogP contribution in [0.1, 0.15) is 56.6 Å². The lowest BCUT2D eigenvalue weighted by atomic mass is 10.1. The molecule has 2 N–H and O–H groups in total. The summed E-state index contributed by atoms with van der Waals surface area (Å²) in [5.74, 6) is -0.00852. The molecule has 2 aliphatic rings. The van der Waals surface area contributed by atoms with Gasteiger partial charge in [-0.15, -0.1) is 0 Å². The van der Waals surface area contributed by atoms with Crippen LogP contribution in [0.15, 0.2) is 24.3 Å². The number of hydrogen-bond donors (Lipinski definition) is 2. The van der Waals surface area contributed by atoms with E-state index in [2.05, 4.69) is 22.3 Å². The number of β-amino-alcohol motifs (C(OH)–C–C–N with tert-alkyl or cyclic N) is 1. The maximum Gasteiger partial charge on any atom is 0.249 e. The highest BCUT2D eigenvalue weighted by Crippen LogP contribution is 2.23. The Balaban J connectivity index is 1.53.